The molecule has 1 heterocycles. The summed E-state index contributed by atoms with van der Waals surface area (Å²) in [6.45, 7) is 17.2. The van der Waals surface area contributed by atoms with Gasteiger partial charge in [0.1, 0.15) is 11.4 Å². The van der Waals surface area contributed by atoms with E-state index in [1.165, 1.54) is 0 Å². The molecule has 0 saturated heterocycles. The molecule has 1 amide bonds. The fourth-order valence-electron chi connectivity index (χ4n) is 2.02. The number of rotatable bonds is 5. The van der Waals surface area contributed by atoms with E-state index in [9.17, 15) is 4.79 Å². The van der Waals surface area contributed by atoms with E-state index >= 15 is 0 Å². The minimum atomic E-state index is -0.499. The first-order chi connectivity index (χ1) is 10.4. The number of aromatic nitrogens is 1. The highest BCUT2D eigenvalue weighted by Crippen LogP contribution is 2.18. The van der Waals surface area contributed by atoms with Crippen LogP contribution in [0.4, 0.5) is 4.79 Å². The third-order valence-corrected chi connectivity index (χ3v) is 3.28. The Kier molecular flexibility index (Phi) is 6.22. The van der Waals surface area contributed by atoms with E-state index in [-0.39, 0.29) is 11.6 Å². The van der Waals surface area contributed by atoms with E-state index in [1.54, 1.807) is 4.90 Å². The van der Waals surface area contributed by atoms with Gasteiger partial charge >= 0.3 is 6.09 Å². The molecule has 0 aliphatic carbocycles. The number of hydrogen-bond donors (Lipinski definition) is 1. The van der Waals surface area contributed by atoms with E-state index in [0.717, 1.165) is 11.5 Å². The molecule has 1 aromatic rings. The smallest absolute Gasteiger partial charge is 0.410 e. The predicted molar refractivity (Wildman–Crippen MR) is 90.4 cm³/mol. The van der Waals surface area contributed by atoms with Gasteiger partial charge in [-0.3, -0.25) is 0 Å². The highest BCUT2D eigenvalue weighted by atomic mass is 16.6. The molecule has 0 radical (unpaired) electrons. The number of aryl methyl sites for hydroxylation is 2. The minimum Gasteiger partial charge on any atom is -0.444 e. The lowest BCUT2D eigenvalue weighted by Crippen LogP contribution is -2.50. The molecule has 1 rings (SSSR count). The van der Waals surface area contributed by atoms with Crippen LogP contribution in [0.2, 0.25) is 0 Å². The normalized spacial score (nSPS) is 12.3. The quantitative estimate of drug-likeness (QED) is 0.840. The van der Waals surface area contributed by atoms with Crippen LogP contribution in [0.1, 0.15) is 58.9 Å². The average molecular weight is 325 g/mol. The lowest BCUT2D eigenvalue weighted by atomic mass is 10.1. The fourth-order valence-corrected chi connectivity index (χ4v) is 2.02. The Bertz CT molecular complexity index is 505. The largest absolute Gasteiger partial charge is 0.444 e. The van der Waals surface area contributed by atoms with Crippen molar-refractivity contribution in [2.45, 2.75) is 73.1 Å². The standard InChI is InChI=1S/C17H31N3O3/c1-12-13(2)22-14(19-12)11-18-9-10-20(16(3,4)5)15(21)23-17(6,7)8/h18H,9-11H2,1-8H3. The summed E-state index contributed by atoms with van der Waals surface area (Å²) in [4.78, 5) is 18.4. The van der Waals surface area contributed by atoms with Crippen molar-refractivity contribution in [3.63, 3.8) is 0 Å². The summed E-state index contributed by atoms with van der Waals surface area (Å²) in [6, 6.07) is 0. The van der Waals surface area contributed by atoms with Crippen LogP contribution in [0.3, 0.4) is 0 Å². The van der Waals surface area contributed by atoms with Gasteiger partial charge in [0.15, 0.2) is 0 Å². The molecule has 0 bridgehead atoms. The van der Waals surface area contributed by atoms with Gasteiger partial charge in [0, 0.05) is 18.6 Å². The lowest BCUT2D eigenvalue weighted by molar-refractivity contribution is 0.00661. The molecule has 132 valence electrons. The van der Waals surface area contributed by atoms with Crippen molar-refractivity contribution in [2.24, 2.45) is 0 Å². The topological polar surface area (TPSA) is 67.6 Å². The molecule has 1 N–H and O–H groups in total. The van der Waals surface area contributed by atoms with Crippen molar-refractivity contribution in [1.82, 2.24) is 15.2 Å². The van der Waals surface area contributed by atoms with Gasteiger partial charge in [0.2, 0.25) is 5.89 Å². The number of amides is 1. The molecular formula is C17H31N3O3. The zero-order valence-electron chi connectivity index (χ0n) is 15.7. The van der Waals surface area contributed by atoms with Gasteiger partial charge in [-0.15, -0.1) is 0 Å². The second-order valence-corrected chi connectivity index (χ2v) is 7.73. The molecule has 0 aliphatic rings. The van der Waals surface area contributed by atoms with E-state index in [2.05, 4.69) is 10.3 Å². The number of carbonyl (C=O) groups excluding carboxylic acids is 1. The van der Waals surface area contributed by atoms with Gasteiger partial charge in [0.05, 0.1) is 12.2 Å². The molecule has 0 atom stereocenters. The van der Waals surface area contributed by atoms with Crippen molar-refractivity contribution in [3.8, 4) is 0 Å². The monoisotopic (exact) mass is 325 g/mol. The number of nitrogens with zero attached hydrogens (tertiary/aromatic N) is 2. The van der Waals surface area contributed by atoms with E-state index in [1.807, 2.05) is 55.4 Å². The lowest BCUT2D eigenvalue weighted by Gasteiger charge is -2.36. The van der Waals surface area contributed by atoms with Crippen LogP contribution in [0, 0.1) is 13.8 Å². The van der Waals surface area contributed by atoms with E-state index in [4.69, 9.17) is 9.15 Å². The minimum absolute atomic E-state index is 0.297. The molecular weight excluding hydrogens is 294 g/mol. The van der Waals surface area contributed by atoms with Crippen molar-refractivity contribution < 1.29 is 13.9 Å². The summed E-state index contributed by atoms with van der Waals surface area (Å²) in [5, 5.41) is 3.26. The zero-order chi connectivity index (χ0) is 17.8. The molecule has 0 unspecified atom stereocenters. The van der Waals surface area contributed by atoms with Gasteiger partial charge in [-0.05, 0) is 55.4 Å². The molecule has 0 aromatic carbocycles. The highest BCUT2D eigenvalue weighted by Gasteiger charge is 2.30. The number of ether oxygens (including phenoxy) is 1. The Morgan fingerprint density at radius 3 is 2.26 bits per heavy atom. The van der Waals surface area contributed by atoms with Crippen LogP contribution in [0.15, 0.2) is 4.42 Å². The summed E-state index contributed by atoms with van der Waals surface area (Å²) in [5.74, 6) is 1.51. The van der Waals surface area contributed by atoms with Crippen LogP contribution >= 0.6 is 0 Å². The molecule has 1 aromatic heterocycles. The maximum absolute atomic E-state index is 12.4. The Morgan fingerprint density at radius 1 is 1.22 bits per heavy atom. The number of nitrogens with one attached hydrogen (secondary N) is 1. The summed E-state index contributed by atoms with van der Waals surface area (Å²) < 4.78 is 11.0. The number of oxazole rings is 1. The summed E-state index contributed by atoms with van der Waals surface area (Å²) >= 11 is 0. The van der Waals surface area contributed by atoms with Gasteiger partial charge < -0.3 is 19.4 Å². The van der Waals surface area contributed by atoms with Crippen molar-refractivity contribution >= 4 is 6.09 Å². The molecule has 0 spiro atoms. The third kappa shape index (κ3) is 6.60. The Hall–Kier alpha value is -1.56. The zero-order valence-corrected chi connectivity index (χ0v) is 15.7. The first-order valence-corrected chi connectivity index (χ1v) is 8.04. The summed E-state index contributed by atoms with van der Waals surface area (Å²) in [7, 11) is 0. The molecule has 0 saturated carbocycles. The number of hydrogen-bond acceptors (Lipinski definition) is 5. The molecule has 23 heavy (non-hydrogen) atoms. The first kappa shape index (κ1) is 19.5. The maximum atomic E-state index is 12.4. The van der Waals surface area contributed by atoms with Crippen molar-refractivity contribution in [1.29, 1.82) is 0 Å². The van der Waals surface area contributed by atoms with Crippen LogP contribution in [0.25, 0.3) is 0 Å². The number of carbonyl (C=O) groups is 1. The van der Waals surface area contributed by atoms with Crippen molar-refractivity contribution in [3.05, 3.63) is 17.3 Å². The van der Waals surface area contributed by atoms with E-state index < -0.39 is 5.60 Å². The SMILES string of the molecule is Cc1nc(CNCCN(C(=O)OC(C)(C)C)C(C)(C)C)oc1C. The van der Waals surface area contributed by atoms with Gasteiger partial charge in [-0.1, -0.05) is 0 Å². The van der Waals surface area contributed by atoms with Crippen LogP contribution < -0.4 is 5.32 Å². The maximum Gasteiger partial charge on any atom is 0.410 e. The highest BCUT2D eigenvalue weighted by molar-refractivity contribution is 5.69. The molecule has 0 fully saturated rings. The van der Waals surface area contributed by atoms with Crippen molar-refractivity contribution in [2.75, 3.05) is 13.1 Å². The predicted octanol–water partition coefficient (Wildman–Crippen LogP) is 3.42. The second kappa shape index (κ2) is 7.34. The van der Waals surface area contributed by atoms with Crippen LogP contribution in [-0.4, -0.2) is 40.2 Å². The second-order valence-electron chi connectivity index (χ2n) is 7.73. The molecule has 6 heteroatoms. The van der Waals surface area contributed by atoms with Crippen LogP contribution in [0.5, 0.6) is 0 Å². The van der Waals surface area contributed by atoms with Gasteiger partial charge in [-0.2, -0.15) is 0 Å². The Balaban J connectivity index is 2.53. The van der Waals surface area contributed by atoms with Gasteiger partial charge in [-0.25, -0.2) is 9.78 Å². The summed E-state index contributed by atoms with van der Waals surface area (Å²) in [6.07, 6.45) is -0.297. The third-order valence-electron chi connectivity index (χ3n) is 3.28. The van der Waals surface area contributed by atoms with Gasteiger partial charge in [0.25, 0.3) is 0 Å². The van der Waals surface area contributed by atoms with E-state index in [0.29, 0.717) is 25.5 Å². The average Bonchev–Trinajstić information content (AvgIpc) is 2.64. The molecule has 6 nitrogen and oxygen atoms in total. The first-order valence-electron chi connectivity index (χ1n) is 8.04. The Morgan fingerprint density at radius 2 is 1.83 bits per heavy atom. The fraction of sp³-hybridized carbons (Fsp3) is 0.765. The Labute approximate surface area is 139 Å². The summed E-state index contributed by atoms with van der Waals surface area (Å²) in [5.41, 5.74) is 0.105. The molecule has 0 aliphatic heterocycles. The van der Waals surface area contributed by atoms with Crippen LogP contribution in [-0.2, 0) is 11.3 Å².